The van der Waals surface area contributed by atoms with E-state index in [1.807, 2.05) is 18.3 Å². The maximum absolute atomic E-state index is 11.5. The minimum atomic E-state index is -1.01. The Bertz CT molecular complexity index is 2370. The molecule has 14 heterocycles. The Hall–Kier alpha value is -4.75. The van der Waals surface area contributed by atoms with Crippen LogP contribution in [-0.2, 0) is 14.2 Å². The van der Waals surface area contributed by atoms with E-state index >= 15 is 0 Å². The van der Waals surface area contributed by atoms with Crippen LogP contribution in [0.5, 0.6) is 0 Å². The van der Waals surface area contributed by atoms with E-state index in [-0.39, 0.29) is 59.3 Å². The molecule has 0 amide bonds. The molecular formula is C39H46Cl2LiN11O9. The predicted molar refractivity (Wildman–Crippen MR) is 222 cm³/mol. The van der Waals surface area contributed by atoms with Gasteiger partial charge >= 0.3 is 24.8 Å². The number of Topliss-reactive ketones (excluding diaryl/α,β-unsaturated/α-hetero) is 2. The van der Waals surface area contributed by atoms with Gasteiger partial charge in [0.15, 0.2) is 28.5 Å². The van der Waals surface area contributed by atoms with Gasteiger partial charge in [0.25, 0.3) is 0 Å². The Morgan fingerprint density at radius 1 is 0.629 bits per heavy atom. The second kappa shape index (κ2) is 20.2. The molecule has 326 valence electrons. The Balaban J connectivity index is 0.000000160. The van der Waals surface area contributed by atoms with E-state index in [0.717, 1.165) is 50.7 Å². The number of ether oxygens (including phenoxy) is 3. The summed E-state index contributed by atoms with van der Waals surface area (Å²) < 4.78 is 21.2. The van der Waals surface area contributed by atoms with E-state index in [1.165, 1.54) is 61.0 Å². The average Bonchev–Trinajstić information content (AvgIpc) is 3.95. The molecule has 1 saturated carbocycles. The summed E-state index contributed by atoms with van der Waals surface area (Å²) in [5, 5.41) is 21.5. The van der Waals surface area contributed by atoms with Crippen LogP contribution in [0.1, 0.15) is 83.4 Å². The van der Waals surface area contributed by atoms with Crippen LogP contribution in [0.25, 0.3) is 16.9 Å². The van der Waals surface area contributed by atoms with Crippen molar-refractivity contribution >= 4 is 70.1 Å². The van der Waals surface area contributed by atoms with Crippen molar-refractivity contribution in [3.63, 3.8) is 0 Å². The molecule has 6 bridgehead atoms. The summed E-state index contributed by atoms with van der Waals surface area (Å²) in [6.07, 6.45) is 20.0. The standard InChI is InChI=1S/C13H14N4O2.C12H12N4O3.C8H6ClN3O.C6H10O.ClH.Li.2H2O/c1-8(18)11-5-14-17-3-2-12(15-13(11)17)16-6-9-4-10(7-16)19-9;17-12(18)9-4-13-16-2-1-10(14-11(9)16)15-5-7-3-8(6-15)19-7;1-5(13)6-4-10-12-3-2-7(9)11-8(6)12;1-2-5-4-6(3-1)7-5;;;;/h2-3,5,9-10H,4,6-7H2,1H3;1-2,4,7-8H,3,5-6H2,(H,17,18);2-4H,1H3;5-6H,1-4H2;1H;;2*1H2/q;;;;;+1;;/p-1. The predicted octanol–water partition coefficient (Wildman–Crippen LogP) is 0.652. The Morgan fingerprint density at radius 2 is 0.984 bits per heavy atom. The van der Waals surface area contributed by atoms with Gasteiger partial charge in [0.1, 0.15) is 22.4 Å². The van der Waals surface area contributed by atoms with Gasteiger partial charge in [-0.05, 0) is 57.7 Å². The Morgan fingerprint density at radius 3 is 1.34 bits per heavy atom. The van der Waals surface area contributed by atoms with Crippen LogP contribution in [0.15, 0.2) is 55.4 Å². The fourth-order valence-electron chi connectivity index (χ4n) is 8.15. The average molecular weight is 891 g/mol. The van der Waals surface area contributed by atoms with Crippen molar-refractivity contribution < 1.29 is 63.5 Å². The Labute approximate surface area is 378 Å². The second-order valence-electron chi connectivity index (χ2n) is 15.3. The smallest absolute Gasteiger partial charge is 0.870 e. The number of hydrogen-bond acceptors (Lipinski definition) is 15. The molecule has 23 heteroatoms. The number of fused-ring (bicyclic) bond motifs is 9. The number of anilines is 2. The summed E-state index contributed by atoms with van der Waals surface area (Å²) >= 11 is 5.69. The molecule has 0 aromatic carbocycles. The van der Waals surface area contributed by atoms with Crippen LogP contribution in [0.4, 0.5) is 11.6 Å². The van der Waals surface area contributed by atoms with Crippen molar-refractivity contribution in [3.8, 4) is 0 Å². The molecule has 8 saturated heterocycles. The minimum absolute atomic E-state index is 0. The number of ketones is 2. The minimum Gasteiger partial charge on any atom is -0.870 e. The number of carbonyl (C=O) groups excluding carboxylic acids is 2. The normalized spacial score (nSPS) is 23.2. The molecule has 1 aliphatic carbocycles. The maximum Gasteiger partial charge on any atom is 1.00 e. The van der Waals surface area contributed by atoms with Gasteiger partial charge in [-0.25, -0.2) is 33.3 Å². The van der Waals surface area contributed by atoms with Crippen LogP contribution in [0.2, 0.25) is 5.15 Å². The molecule has 62 heavy (non-hydrogen) atoms. The number of aromatic nitrogens is 9. The number of morpholine rings is 2. The van der Waals surface area contributed by atoms with Gasteiger partial charge in [0.2, 0.25) is 0 Å². The fourth-order valence-corrected chi connectivity index (χ4v) is 8.29. The zero-order chi connectivity index (χ0) is 40.1. The monoisotopic (exact) mass is 889 g/mol. The van der Waals surface area contributed by atoms with Gasteiger partial charge in [-0.1, -0.05) is 11.6 Å². The molecule has 6 unspecified atom stereocenters. The van der Waals surface area contributed by atoms with Crippen LogP contribution in [-0.4, -0.2) is 140 Å². The molecule has 9 aliphatic rings. The third-order valence-electron chi connectivity index (χ3n) is 11.2. The van der Waals surface area contributed by atoms with E-state index in [2.05, 4.69) is 40.0 Å². The number of halogens is 2. The van der Waals surface area contributed by atoms with Crippen LogP contribution in [0, 0.1) is 0 Å². The van der Waals surface area contributed by atoms with E-state index in [1.54, 1.807) is 29.2 Å². The van der Waals surface area contributed by atoms with Gasteiger partial charge in [-0.15, -0.1) is 12.4 Å². The summed E-state index contributed by atoms with van der Waals surface area (Å²) in [5.41, 5.74) is 2.69. The summed E-state index contributed by atoms with van der Waals surface area (Å²) in [7, 11) is 0. The molecule has 8 aliphatic heterocycles. The first-order valence-electron chi connectivity index (χ1n) is 19.4. The van der Waals surface area contributed by atoms with Crippen molar-refractivity contribution in [1.29, 1.82) is 0 Å². The van der Waals surface area contributed by atoms with E-state index in [9.17, 15) is 14.4 Å². The summed E-state index contributed by atoms with van der Waals surface area (Å²) in [6, 6.07) is 5.41. The molecule has 0 radical (unpaired) electrons. The van der Waals surface area contributed by atoms with Crippen molar-refractivity contribution in [3.05, 3.63) is 77.2 Å². The molecule has 4 N–H and O–H groups in total. The van der Waals surface area contributed by atoms with Crippen molar-refractivity contribution in [2.75, 3.05) is 36.0 Å². The number of carboxylic acid groups (broad SMARTS) is 1. The molecule has 20 nitrogen and oxygen atoms in total. The number of carbonyl (C=O) groups is 3. The first-order valence-corrected chi connectivity index (χ1v) is 19.8. The number of rotatable bonds is 5. The SMILES string of the molecule is C1CC2CC(C1)O2.CC(=O)c1cnn2ccc(Cl)nc12.CC(=O)c1cnn2ccc(N3CC4CC(C3)O4)nc12.Cl.O.O=C(O)c1cnn2ccc(N3CC4CC(C3)O4)nc12.[Li+].[OH-]. The van der Waals surface area contributed by atoms with Gasteiger partial charge in [0.05, 0.1) is 66.3 Å². The summed E-state index contributed by atoms with van der Waals surface area (Å²) in [5.74, 6) is 0.598. The number of carboxylic acids is 1. The number of aromatic carboxylic acids is 1. The zero-order valence-electron chi connectivity index (χ0n) is 34.3. The first kappa shape index (κ1) is 48.3. The second-order valence-corrected chi connectivity index (χ2v) is 15.7. The van der Waals surface area contributed by atoms with E-state index in [4.69, 9.17) is 30.9 Å². The molecule has 9 fully saturated rings. The van der Waals surface area contributed by atoms with Gasteiger partial charge in [-0.2, -0.15) is 15.3 Å². The van der Waals surface area contributed by atoms with Crippen LogP contribution >= 0.6 is 24.0 Å². The molecule has 6 aromatic rings. The summed E-state index contributed by atoms with van der Waals surface area (Å²) in [4.78, 5) is 51.1. The quantitative estimate of drug-likeness (QED) is 0.142. The van der Waals surface area contributed by atoms with E-state index < -0.39 is 5.97 Å². The molecule has 0 spiro atoms. The topological polar surface area (TPSA) is 258 Å². The third-order valence-corrected chi connectivity index (χ3v) is 11.4. The fraction of sp³-hybridized carbons (Fsp3) is 0.462. The number of piperidine rings is 2. The van der Waals surface area contributed by atoms with Gasteiger partial charge < -0.3 is 40.1 Å². The maximum atomic E-state index is 11.5. The van der Waals surface area contributed by atoms with Crippen molar-refractivity contribution in [2.45, 2.75) is 89.0 Å². The molecule has 15 rings (SSSR count). The zero-order valence-corrected chi connectivity index (χ0v) is 35.9. The van der Waals surface area contributed by atoms with Gasteiger partial charge in [0, 0.05) is 57.6 Å². The third kappa shape index (κ3) is 10.0. The molecular weight excluding hydrogens is 844 g/mol. The van der Waals surface area contributed by atoms with Crippen molar-refractivity contribution in [2.24, 2.45) is 0 Å². The number of hydrogen-bond donors (Lipinski definition) is 1. The molecule has 6 aromatic heterocycles. The summed E-state index contributed by atoms with van der Waals surface area (Å²) in [6.45, 7) is 6.40. The van der Waals surface area contributed by atoms with Crippen LogP contribution in [0.3, 0.4) is 0 Å². The largest absolute Gasteiger partial charge is 1.00 e. The van der Waals surface area contributed by atoms with Gasteiger partial charge in [-0.3, -0.25) is 9.59 Å². The number of nitrogens with zero attached hydrogens (tertiary/aromatic N) is 11. The Kier molecular flexibility index (Phi) is 15.7. The van der Waals surface area contributed by atoms with Crippen LogP contribution < -0.4 is 28.7 Å². The molecule has 6 atom stereocenters. The first-order chi connectivity index (χ1) is 28.0. The van der Waals surface area contributed by atoms with Crippen molar-refractivity contribution in [1.82, 2.24) is 43.8 Å². The van der Waals surface area contributed by atoms with E-state index in [0.29, 0.717) is 69.8 Å².